The minimum Gasteiger partial charge on any atom is -0.361 e. The lowest BCUT2D eigenvalue weighted by molar-refractivity contribution is 0.405. The minimum absolute atomic E-state index is 0.0222. The van der Waals surface area contributed by atoms with Gasteiger partial charge in [0.25, 0.3) is 0 Å². The number of anilines is 2. The fourth-order valence-corrected chi connectivity index (χ4v) is 4.48. The lowest BCUT2D eigenvalue weighted by Gasteiger charge is -2.37. The minimum atomic E-state index is -0.0222. The van der Waals surface area contributed by atoms with Crippen molar-refractivity contribution < 1.29 is 0 Å². The van der Waals surface area contributed by atoms with E-state index in [4.69, 9.17) is 4.98 Å². The molecule has 0 saturated carbocycles. The molecule has 0 amide bonds. The topological polar surface area (TPSA) is 94.7 Å². The van der Waals surface area contributed by atoms with Gasteiger partial charge in [-0.1, -0.05) is 6.07 Å². The molecule has 5 rings (SSSR count). The Balaban J connectivity index is 1.43. The monoisotopic (exact) mass is 428 g/mol. The highest BCUT2D eigenvalue weighted by Gasteiger charge is 2.23. The van der Waals surface area contributed by atoms with E-state index < -0.39 is 0 Å². The van der Waals surface area contributed by atoms with Crippen molar-refractivity contribution in [2.75, 3.05) is 23.3 Å². The standard InChI is InChI=1S/C24H28N8/c1-15-12-32(13-16(2)29-15)21-6-4-5-20(31-21)17(3)30-24-22-19(18-7-9-25-10-8-18)11-26-23(22)27-14-28-24/h4-11,14-17,29H,12-13H2,1-3H3,(H2,26,27,28,30)/t15-,16+,17?. The second-order valence-corrected chi connectivity index (χ2v) is 8.54. The highest BCUT2D eigenvalue weighted by Crippen LogP contribution is 2.33. The van der Waals surface area contributed by atoms with Crippen LogP contribution < -0.4 is 15.5 Å². The highest BCUT2D eigenvalue weighted by atomic mass is 15.3. The van der Waals surface area contributed by atoms with E-state index in [-0.39, 0.29) is 6.04 Å². The molecule has 0 spiro atoms. The molecule has 1 fully saturated rings. The van der Waals surface area contributed by atoms with Crippen LogP contribution in [0.4, 0.5) is 11.6 Å². The molecule has 1 aliphatic heterocycles. The molecule has 0 radical (unpaired) electrons. The molecule has 5 heterocycles. The lowest BCUT2D eigenvalue weighted by atomic mass is 10.1. The Labute approximate surface area is 187 Å². The summed E-state index contributed by atoms with van der Waals surface area (Å²) < 4.78 is 0. The summed E-state index contributed by atoms with van der Waals surface area (Å²) in [7, 11) is 0. The average Bonchev–Trinajstić information content (AvgIpc) is 3.24. The van der Waals surface area contributed by atoms with E-state index in [0.29, 0.717) is 12.1 Å². The van der Waals surface area contributed by atoms with Crippen molar-refractivity contribution in [2.24, 2.45) is 0 Å². The number of nitrogens with zero attached hydrogens (tertiary/aromatic N) is 5. The normalized spacial score (nSPS) is 19.8. The number of rotatable bonds is 5. The van der Waals surface area contributed by atoms with Crippen molar-refractivity contribution in [2.45, 2.75) is 38.9 Å². The van der Waals surface area contributed by atoms with Gasteiger partial charge in [-0.2, -0.15) is 0 Å². The molecule has 4 aromatic rings. The molecule has 0 bridgehead atoms. The average molecular weight is 429 g/mol. The molecule has 8 nitrogen and oxygen atoms in total. The molecule has 4 aromatic heterocycles. The molecule has 1 aliphatic rings. The molecule has 3 atom stereocenters. The van der Waals surface area contributed by atoms with Gasteiger partial charge in [-0.05, 0) is 50.6 Å². The summed E-state index contributed by atoms with van der Waals surface area (Å²) in [6.07, 6.45) is 7.13. The number of nitrogens with one attached hydrogen (secondary N) is 3. The third kappa shape index (κ3) is 4.01. The van der Waals surface area contributed by atoms with E-state index in [2.05, 4.69) is 74.4 Å². The van der Waals surface area contributed by atoms with E-state index >= 15 is 0 Å². The van der Waals surface area contributed by atoms with Crippen LogP contribution in [0.3, 0.4) is 0 Å². The Morgan fingerprint density at radius 3 is 2.62 bits per heavy atom. The van der Waals surface area contributed by atoms with E-state index in [1.54, 1.807) is 18.7 Å². The quantitative estimate of drug-likeness (QED) is 0.445. The maximum Gasteiger partial charge on any atom is 0.143 e. The van der Waals surface area contributed by atoms with Crippen LogP contribution in [0.15, 0.2) is 55.2 Å². The van der Waals surface area contributed by atoms with Crippen LogP contribution in [0, 0.1) is 0 Å². The molecular formula is C24H28N8. The first-order valence-corrected chi connectivity index (χ1v) is 11.1. The first-order valence-electron chi connectivity index (χ1n) is 11.1. The summed E-state index contributed by atoms with van der Waals surface area (Å²) in [4.78, 5) is 23.7. The van der Waals surface area contributed by atoms with Crippen molar-refractivity contribution in [3.05, 3.63) is 60.9 Å². The summed E-state index contributed by atoms with van der Waals surface area (Å²) in [5, 5.41) is 8.11. The third-order valence-corrected chi connectivity index (χ3v) is 5.90. The molecule has 3 N–H and O–H groups in total. The predicted molar refractivity (Wildman–Crippen MR) is 128 cm³/mol. The number of H-pyrrole nitrogens is 1. The van der Waals surface area contributed by atoms with Crippen LogP contribution >= 0.6 is 0 Å². The first-order chi connectivity index (χ1) is 15.6. The molecule has 164 valence electrons. The Hall–Kier alpha value is -3.52. The zero-order valence-corrected chi connectivity index (χ0v) is 18.6. The smallest absolute Gasteiger partial charge is 0.143 e. The Morgan fingerprint density at radius 2 is 1.84 bits per heavy atom. The summed E-state index contributed by atoms with van der Waals surface area (Å²) in [6, 6.07) is 11.1. The van der Waals surface area contributed by atoms with Crippen LogP contribution in [-0.4, -0.2) is 50.1 Å². The van der Waals surface area contributed by atoms with Gasteiger partial charge in [-0.15, -0.1) is 0 Å². The first kappa shape index (κ1) is 20.4. The number of hydrogen-bond donors (Lipinski definition) is 3. The van der Waals surface area contributed by atoms with Gasteiger partial charge in [-0.3, -0.25) is 4.98 Å². The van der Waals surface area contributed by atoms with E-state index in [1.165, 1.54) is 0 Å². The van der Waals surface area contributed by atoms with E-state index in [0.717, 1.165) is 52.6 Å². The van der Waals surface area contributed by atoms with Gasteiger partial charge in [-0.25, -0.2) is 15.0 Å². The zero-order chi connectivity index (χ0) is 22.1. The number of aromatic nitrogens is 5. The predicted octanol–water partition coefficient (Wildman–Crippen LogP) is 3.77. The Morgan fingerprint density at radius 1 is 1.06 bits per heavy atom. The van der Waals surface area contributed by atoms with Gasteiger partial charge in [0.1, 0.15) is 23.6 Å². The molecule has 32 heavy (non-hydrogen) atoms. The molecular weight excluding hydrogens is 400 g/mol. The van der Waals surface area contributed by atoms with Crippen LogP contribution in [0.25, 0.3) is 22.2 Å². The number of fused-ring (bicyclic) bond motifs is 1. The van der Waals surface area contributed by atoms with Crippen LogP contribution in [-0.2, 0) is 0 Å². The van der Waals surface area contributed by atoms with E-state index in [9.17, 15) is 0 Å². The maximum absolute atomic E-state index is 4.99. The largest absolute Gasteiger partial charge is 0.361 e. The number of aromatic amines is 1. The second-order valence-electron chi connectivity index (χ2n) is 8.54. The van der Waals surface area contributed by atoms with Crippen molar-refractivity contribution in [1.82, 2.24) is 30.2 Å². The molecule has 1 saturated heterocycles. The number of pyridine rings is 2. The molecule has 0 aliphatic carbocycles. The van der Waals surface area contributed by atoms with Crippen molar-refractivity contribution in [1.29, 1.82) is 0 Å². The fraction of sp³-hybridized carbons (Fsp3) is 0.333. The molecule has 8 heteroatoms. The highest BCUT2D eigenvalue weighted by molar-refractivity contribution is 6.00. The van der Waals surface area contributed by atoms with Gasteiger partial charge in [0, 0.05) is 49.3 Å². The summed E-state index contributed by atoms with van der Waals surface area (Å²) in [5.74, 6) is 1.80. The van der Waals surface area contributed by atoms with Gasteiger partial charge < -0.3 is 20.5 Å². The maximum atomic E-state index is 4.99. The number of piperazine rings is 1. The summed E-state index contributed by atoms with van der Waals surface area (Å²) in [6.45, 7) is 8.45. The Kier molecular flexibility index (Phi) is 5.45. The van der Waals surface area contributed by atoms with Gasteiger partial charge in [0.05, 0.1) is 17.1 Å². The molecule has 0 aromatic carbocycles. The summed E-state index contributed by atoms with van der Waals surface area (Å²) >= 11 is 0. The van der Waals surface area contributed by atoms with Crippen molar-refractivity contribution in [3.8, 4) is 11.1 Å². The van der Waals surface area contributed by atoms with Gasteiger partial charge >= 0.3 is 0 Å². The zero-order valence-electron chi connectivity index (χ0n) is 18.6. The van der Waals surface area contributed by atoms with Crippen LogP contribution in [0.1, 0.15) is 32.5 Å². The Bertz CT molecular complexity index is 1200. The van der Waals surface area contributed by atoms with Gasteiger partial charge in [0.15, 0.2) is 0 Å². The van der Waals surface area contributed by atoms with Crippen molar-refractivity contribution in [3.63, 3.8) is 0 Å². The second kappa shape index (κ2) is 8.55. The summed E-state index contributed by atoms with van der Waals surface area (Å²) in [5.41, 5.74) is 3.89. The van der Waals surface area contributed by atoms with E-state index in [1.807, 2.05) is 18.3 Å². The number of hydrogen-bond acceptors (Lipinski definition) is 7. The lowest BCUT2D eigenvalue weighted by Crippen LogP contribution is -2.54. The van der Waals surface area contributed by atoms with Crippen LogP contribution in [0.5, 0.6) is 0 Å². The third-order valence-electron chi connectivity index (χ3n) is 5.90. The van der Waals surface area contributed by atoms with Crippen molar-refractivity contribution >= 4 is 22.7 Å². The SMILES string of the molecule is CC(Nc1ncnc2[nH]cc(-c3ccncc3)c12)c1cccc(N2C[C@@H](C)N[C@@H](C)C2)n1. The van der Waals surface area contributed by atoms with Gasteiger partial charge in [0.2, 0.25) is 0 Å². The van der Waals surface area contributed by atoms with Crippen LogP contribution in [0.2, 0.25) is 0 Å². The fourth-order valence-electron chi connectivity index (χ4n) is 4.48. The molecule has 1 unspecified atom stereocenters.